The number of thiophene rings is 1. The first-order valence-electron chi connectivity index (χ1n) is 6.81. The highest BCUT2D eigenvalue weighted by Gasteiger charge is 2.19. The van der Waals surface area contributed by atoms with Gasteiger partial charge in [-0.3, -0.25) is 4.79 Å². The first-order chi connectivity index (χ1) is 10.5. The Hall–Kier alpha value is -2.41. The fourth-order valence-corrected chi connectivity index (χ4v) is 3.24. The van der Waals surface area contributed by atoms with Crippen molar-refractivity contribution in [3.63, 3.8) is 0 Å². The van der Waals surface area contributed by atoms with Gasteiger partial charge < -0.3 is 14.7 Å². The summed E-state index contributed by atoms with van der Waals surface area (Å²) in [4.78, 5) is 35.8. The first kappa shape index (κ1) is 14.5. The third kappa shape index (κ3) is 2.43. The number of aromatic nitrogens is 3. The number of rotatable bonds is 3. The molecule has 0 aliphatic rings. The summed E-state index contributed by atoms with van der Waals surface area (Å²) in [6.07, 6.45) is 1.00. The molecule has 0 radical (unpaired) electrons. The average molecular weight is 317 g/mol. The lowest BCUT2D eigenvalue weighted by Crippen LogP contribution is -2.17. The van der Waals surface area contributed by atoms with Crippen molar-refractivity contribution in [2.45, 2.75) is 26.9 Å². The highest BCUT2D eigenvalue weighted by molar-refractivity contribution is 7.18. The van der Waals surface area contributed by atoms with Crippen LogP contribution in [0.1, 0.15) is 39.8 Å². The van der Waals surface area contributed by atoms with E-state index >= 15 is 0 Å². The molecule has 3 heterocycles. The van der Waals surface area contributed by atoms with Crippen LogP contribution in [0.4, 0.5) is 0 Å². The summed E-state index contributed by atoms with van der Waals surface area (Å²) >= 11 is 1.46. The fourth-order valence-electron chi connectivity index (χ4n) is 2.20. The molecular weight excluding hydrogens is 302 g/mol. The van der Waals surface area contributed by atoms with Crippen LogP contribution < -0.4 is 5.56 Å². The Morgan fingerprint density at radius 3 is 2.86 bits per heavy atom. The number of carbonyl (C=O) groups excluding carboxylic acids is 1. The molecule has 0 aliphatic heterocycles. The summed E-state index contributed by atoms with van der Waals surface area (Å²) < 4.78 is 5.32. The predicted octanol–water partition coefficient (Wildman–Crippen LogP) is 2.85. The Balaban J connectivity index is 1.93. The standard InChI is InChI=1S/C15H15N3O3S/c1-7-9(3)22-14-11(7)13(19)17-12(18-14)8(2)21-15(20)10-5-4-6-16-10/h4-6,8,16H,1-3H3,(H,17,18,19)/t8-/m0/s1. The van der Waals surface area contributed by atoms with Crippen LogP contribution in [-0.4, -0.2) is 20.9 Å². The third-order valence-electron chi connectivity index (χ3n) is 3.54. The van der Waals surface area contributed by atoms with E-state index in [0.717, 1.165) is 10.4 Å². The quantitative estimate of drug-likeness (QED) is 0.727. The van der Waals surface area contributed by atoms with Gasteiger partial charge in [-0.15, -0.1) is 11.3 Å². The average Bonchev–Trinajstić information content (AvgIpc) is 3.08. The molecule has 1 atom stereocenters. The summed E-state index contributed by atoms with van der Waals surface area (Å²) in [7, 11) is 0. The van der Waals surface area contributed by atoms with E-state index < -0.39 is 12.1 Å². The molecule has 0 aromatic carbocycles. The zero-order chi connectivity index (χ0) is 15.9. The minimum atomic E-state index is -0.643. The molecule has 114 valence electrons. The zero-order valence-electron chi connectivity index (χ0n) is 12.4. The Bertz CT molecular complexity index is 893. The van der Waals surface area contributed by atoms with Gasteiger partial charge in [-0.2, -0.15) is 0 Å². The van der Waals surface area contributed by atoms with Crippen molar-refractivity contribution in [1.29, 1.82) is 0 Å². The van der Waals surface area contributed by atoms with E-state index in [4.69, 9.17) is 4.74 Å². The van der Waals surface area contributed by atoms with Crippen LogP contribution in [0.3, 0.4) is 0 Å². The van der Waals surface area contributed by atoms with Crippen LogP contribution in [0, 0.1) is 13.8 Å². The van der Waals surface area contributed by atoms with Gasteiger partial charge in [-0.05, 0) is 38.5 Å². The molecule has 0 amide bonds. The SMILES string of the molecule is Cc1sc2nc([C@H](C)OC(=O)c3ccc[nH]3)[nH]c(=O)c2c1C. The topological polar surface area (TPSA) is 87.8 Å². The lowest BCUT2D eigenvalue weighted by Gasteiger charge is -2.11. The largest absolute Gasteiger partial charge is 0.450 e. The van der Waals surface area contributed by atoms with Gasteiger partial charge in [0.2, 0.25) is 0 Å². The number of hydrogen-bond acceptors (Lipinski definition) is 5. The van der Waals surface area contributed by atoms with E-state index in [9.17, 15) is 9.59 Å². The molecule has 2 N–H and O–H groups in total. The molecule has 3 aromatic heterocycles. The molecule has 6 nitrogen and oxygen atoms in total. The molecule has 0 saturated heterocycles. The van der Waals surface area contributed by atoms with E-state index in [-0.39, 0.29) is 5.56 Å². The summed E-state index contributed by atoms with van der Waals surface area (Å²) in [6.45, 7) is 5.53. The summed E-state index contributed by atoms with van der Waals surface area (Å²) in [6, 6.07) is 3.34. The molecule has 3 rings (SSSR count). The highest BCUT2D eigenvalue weighted by atomic mass is 32.1. The molecule has 0 spiro atoms. The number of esters is 1. The predicted molar refractivity (Wildman–Crippen MR) is 84.3 cm³/mol. The van der Waals surface area contributed by atoms with E-state index in [1.54, 1.807) is 25.3 Å². The van der Waals surface area contributed by atoms with Gasteiger partial charge in [0.1, 0.15) is 10.5 Å². The molecule has 0 saturated carbocycles. The lowest BCUT2D eigenvalue weighted by atomic mass is 10.2. The second-order valence-corrected chi connectivity index (χ2v) is 6.25. The summed E-state index contributed by atoms with van der Waals surface area (Å²) in [5.41, 5.74) is 1.10. The van der Waals surface area contributed by atoms with E-state index in [0.29, 0.717) is 21.7 Å². The van der Waals surface area contributed by atoms with Gasteiger partial charge in [0.15, 0.2) is 11.9 Å². The smallest absolute Gasteiger partial charge is 0.355 e. The molecule has 22 heavy (non-hydrogen) atoms. The number of fused-ring (bicyclic) bond motifs is 1. The molecule has 0 unspecified atom stereocenters. The number of H-pyrrole nitrogens is 2. The van der Waals surface area contributed by atoms with E-state index in [1.165, 1.54) is 11.3 Å². The number of nitrogens with one attached hydrogen (secondary N) is 2. The van der Waals surface area contributed by atoms with Crippen molar-refractivity contribution in [1.82, 2.24) is 15.0 Å². The number of aromatic amines is 2. The maximum atomic E-state index is 12.2. The van der Waals surface area contributed by atoms with Crippen LogP contribution in [0.2, 0.25) is 0 Å². The zero-order valence-corrected chi connectivity index (χ0v) is 13.2. The molecule has 0 fully saturated rings. The van der Waals surface area contributed by atoms with Crippen LogP contribution in [-0.2, 0) is 4.74 Å². The van der Waals surface area contributed by atoms with Gasteiger partial charge in [-0.25, -0.2) is 9.78 Å². The third-order valence-corrected chi connectivity index (χ3v) is 4.65. The molecule has 7 heteroatoms. The van der Waals surface area contributed by atoms with Gasteiger partial charge in [-0.1, -0.05) is 0 Å². The van der Waals surface area contributed by atoms with Crippen LogP contribution >= 0.6 is 11.3 Å². The van der Waals surface area contributed by atoms with Gasteiger partial charge in [0.05, 0.1) is 5.39 Å². The van der Waals surface area contributed by atoms with Crippen molar-refractivity contribution in [3.8, 4) is 0 Å². The van der Waals surface area contributed by atoms with Crippen molar-refractivity contribution < 1.29 is 9.53 Å². The Labute approximate surface area is 130 Å². The summed E-state index contributed by atoms with van der Waals surface area (Å²) in [5.74, 6) is -0.141. The monoisotopic (exact) mass is 317 g/mol. The van der Waals surface area contributed by atoms with Crippen LogP contribution in [0.15, 0.2) is 23.1 Å². The molecule has 0 bridgehead atoms. The summed E-state index contributed by atoms with van der Waals surface area (Å²) in [5, 5.41) is 0.606. The Morgan fingerprint density at radius 2 is 2.18 bits per heavy atom. The Morgan fingerprint density at radius 1 is 1.41 bits per heavy atom. The molecule has 0 aliphatic carbocycles. The van der Waals surface area contributed by atoms with Crippen molar-refractivity contribution >= 4 is 27.5 Å². The number of ether oxygens (including phenoxy) is 1. The van der Waals surface area contributed by atoms with Gasteiger partial charge in [0.25, 0.3) is 5.56 Å². The van der Waals surface area contributed by atoms with Gasteiger partial charge in [0, 0.05) is 11.1 Å². The van der Waals surface area contributed by atoms with Crippen molar-refractivity contribution in [2.75, 3.05) is 0 Å². The number of hydrogen-bond donors (Lipinski definition) is 2. The maximum Gasteiger partial charge on any atom is 0.355 e. The lowest BCUT2D eigenvalue weighted by molar-refractivity contribution is 0.0314. The number of aryl methyl sites for hydroxylation is 2. The van der Waals surface area contributed by atoms with E-state index in [2.05, 4.69) is 15.0 Å². The normalized spacial score (nSPS) is 12.5. The van der Waals surface area contributed by atoms with Gasteiger partial charge >= 0.3 is 5.97 Å². The maximum absolute atomic E-state index is 12.2. The Kier molecular flexibility index (Phi) is 3.58. The number of carbonyl (C=O) groups is 1. The first-order valence-corrected chi connectivity index (χ1v) is 7.63. The van der Waals surface area contributed by atoms with Crippen LogP contribution in [0.5, 0.6) is 0 Å². The van der Waals surface area contributed by atoms with E-state index in [1.807, 2.05) is 13.8 Å². The minimum Gasteiger partial charge on any atom is -0.450 e. The second kappa shape index (κ2) is 5.42. The highest BCUT2D eigenvalue weighted by Crippen LogP contribution is 2.27. The van der Waals surface area contributed by atoms with Crippen LogP contribution in [0.25, 0.3) is 10.2 Å². The fraction of sp³-hybridized carbons (Fsp3) is 0.267. The number of nitrogens with zero attached hydrogens (tertiary/aromatic N) is 1. The van der Waals surface area contributed by atoms with Crippen molar-refractivity contribution in [3.05, 3.63) is 50.6 Å². The van der Waals surface area contributed by atoms with Crippen molar-refractivity contribution in [2.24, 2.45) is 0 Å². The molecule has 3 aromatic rings. The second-order valence-electron chi connectivity index (χ2n) is 5.05. The minimum absolute atomic E-state index is 0.204. The molecular formula is C15H15N3O3S.